The molecule has 3 aromatic rings. The maximum absolute atomic E-state index is 13.3. The normalized spacial score (nSPS) is 17.2. The highest BCUT2D eigenvalue weighted by molar-refractivity contribution is 6.30. The zero-order valence-electron chi connectivity index (χ0n) is 18.2. The number of carbonyl (C=O) groups excluding carboxylic acids is 1. The van der Waals surface area contributed by atoms with Gasteiger partial charge in [0.1, 0.15) is 0 Å². The second kappa shape index (κ2) is 9.47. The minimum atomic E-state index is -0.452. The molecule has 0 saturated carbocycles. The number of rotatable bonds is 6. The van der Waals surface area contributed by atoms with Crippen molar-refractivity contribution in [2.75, 3.05) is 25.0 Å². The van der Waals surface area contributed by atoms with Crippen molar-refractivity contribution < 1.29 is 9.90 Å². The molecule has 1 atom stereocenters. The third kappa shape index (κ3) is 4.57. The monoisotopic (exact) mass is 463 g/mol. The molecule has 1 unspecified atom stereocenters. The summed E-state index contributed by atoms with van der Waals surface area (Å²) in [6, 6.07) is 14.9. The van der Waals surface area contributed by atoms with E-state index in [-0.39, 0.29) is 12.5 Å². The molecule has 3 N–H and O–H groups in total. The number of nitrogens with zero attached hydrogens (tertiary/aromatic N) is 3. The van der Waals surface area contributed by atoms with E-state index in [9.17, 15) is 9.90 Å². The van der Waals surface area contributed by atoms with E-state index in [1.807, 2.05) is 36.4 Å². The molecule has 0 spiro atoms. The topological polar surface area (TPSA) is 90.4 Å². The molecule has 1 amide bonds. The van der Waals surface area contributed by atoms with Crippen molar-refractivity contribution >= 4 is 23.5 Å². The van der Waals surface area contributed by atoms with E-state index in [1.54, 1.807) is 23.2 Å². The van der Waals surface area contributed by atoms with Crippen LogP contribution in [-0.4, -0.2) is 51.6 Å². The molecule has 1 aromatic heterocycles. The van der Waals surface area contributed by atoms with E-state index < -0.39 is 6.04 Å². The van der Waals surface area contributed by atoms with E-state index in [4.69, 9.17) is 16.6 Å². The van der Waals surface area contributed by atoms with Crippen molar-refractivity contribution in [1.29, 1.82) is 0 Å². The minimum Gasteiger partial charge on any atom is -0.394 e. The summed E-state index contributed by atoms with van der Waals surface area (Å²) in [4.78, 5) is 24.1. The Balaban J connectivity index is 1.38. The number of benzene rings is 2. The molecule has 1 saturated heterocycles. The number of fused-ring (bicyclic) bond motifs is 1. The molecule has 33 heavy (non-hydrogen) atoms. The number of hydrogen-bond acceptors (Lipinski definition) is 6. The SMILES string of the molecule is O=C1c2cc(-c3ccnc(NC4CCNCC4)n3)ccc2CN1C(CO)c1cccc(Cl)c1. The second-order valence-electron chi connectivity index (χ2n) is 8.49. The van der Waals surface area contributed by atoms with Crippen LogP contribution >= 0.6 is 11.6 Å². The van der Waals surface area contributed by atoms with Gasteiger partial charge < -0.3 is 20.6 Å². The molecule has 7 nitrogen and oxygen atoms in total. The van der Waals surface area contributed by atoms with E-state index in [0.717, 1.165) is 48.3 Å². The Morgan fingerprint density at radius 2 is 2.03 bits per heavy atom. The van der Waals surface area contributed by atoms with Gasteiger partial charge in [-0.05, 0) is 61.3 Å². The van der Waals surface area contributed by atoms with Crippen LogP contribution in [0.15, 0.2) is 54.7 Å². The van der Waals surface area contributed by atoms with Crippen molar-refractivity contribution in [1.82, 2.24) is 20.2 Å². The van der Waals surface area contributed by atoms with E-state index in [2.05, 4.69) is 15.6 Å². The molecule has 8 heteroatoms. The predicted molar refractivity (Wildman–Crippen MR) is 128 cm³/mol. The fraction of sp³-hybridized carbons (Fsp3) is 0.320. The fourth-order valence-corrected chi connectivity index (χ4v) is 4.77. The smallest absolute Gasteiger partial charge is 0.255 e. The van der Waals surface area contributed by atoms with E-state index >= 15 is 0 Å². The average molecular weight is 464 g/mol. The van der Waals surface area contributed by atoms with Gasteiger partial charge in [-0.2, -0.15) is 0 Å². The minimum absolute atomic E-state index is 0.104. The summed E-state index contributed by atoms with van der Waals surface area (Å²) in [5.41, 5.74) is 4.02. The van der Waals surface area contributed by atoms with E-state index in [0.29, 0.717) is 29.1 Å². The molecule has 0 bridgehead atoms. The number of halogens is 1. The van der Waals surface area contributed by atoms with Gasteiger partial charge in [0.15, 0.2) is 0 Å². The number of hydrogen-bond donors (Lipinski definition) is 3. The Hall–Kier alpha value is -3.00. The number of aliphatic hydroxyl groups is 1. The number of nitrogens with one attached hydrogen (secondary N) is 2. The highest BCUT2D eigenvalue weighted by Gasteiger charge is 2.33. The Morgan fingerprint density at radius 1 is 1.18 bits per heavy atom. The highest BCUT2D eigenvalue weighted by atomic mass is 35.5. The van der Waals surface area contributed by atoms with Crippen molar-refractivity contribution in [3.05, 3.63) is 76.4 Å². The number of amides is 1. The van der Waals surface area contributed by atoms with Crippen LogP contribution in [-0.2, 0) is 6.54 Å². The zero-order valence-corrected chi connectivity index (χ0v) is 18.9. The van der Waals surface area contributed by atoms with Crippen molar-refractivity contribution in [2.24, 2.45) is 0 Å². The number of piperidine rings is 1. The predicted octanol–water partition coefficient (Wildman–Crippen LogP) is 3.65. The first kappa shape index (κ1) is 21.8. The third-order valence-electron chi connectivity index (χ3n) is 6.35. The summed E-state index contributed by atoms with van der Waals surface area (Å²) in [6.07, 6.45) is 3.82. The van der Waals surface area contributed by atoms with Crippen LogP contribution in [0.25, 0.3) is 11.3 Å². The summed E-state index contributed by atoms with van der Waals surface area (Å²) in [5, 5.41) is 17.4. The second-order valence-corrected chi connectivity index (χ2v) is 8.93. The Morgan fingerprint density at radius 3 is 2.82 bits per heavy atom. The van der Waals surface area contributed by atoms with Gasteiger partial charge in [-0.1, -0.05) is 35.9 Å². The largest absolute Gasteiger partial charge is 0.394 e. The van der Waals surface area contributed by atoms with Crippen LogP contribution in [0.3, 0.4) is 0 Å². The molecule has 170 valence electrons. The summed E-state index contributed by atoms with van der Waals surface area (Å²) >= 11 is 6.14. The first-order chi connectivity index (χ1) is 16.1. The number of anilines is 1. The molecule has 5 rings (SSSR count). The lowest BCUT2D eigenvalue weighted by Gasteiger charge is -2.26. The average Bonchev–Trinajstić information content (AvgIpc) is 3.16. The van der Waals surface area contributed by atoms with Gasteiger partial charge in [0, 0.05) is 34.9 Å². The Kier molecular flexibility index (Phi) is 6.26. The summed E-state index contributed by atoms with van der Waals surface area (Å²) in [7, 11) is 0. The number of aliphatic hydroxyl groups excluding tert-OH is 1. The zero-order chi connectivity index (χ0) is 22.8. The maximum Gasteiger partial charge on any atom is 0.255 e. The summed E-state index contributed by atoms with van der Waals surface area (Å²) in [5.74, 6) is 0.502. The molecule has 1 fully saturated rings. The van der Waals surface area contributed by atoms with Crippen LogP contribution in [0.1, 0.15) is 40.4 Å². The van der Waals surface area contributed by atoms with Gasteiger partial charge >= 0.3 is 0 Å². The number of carbonyl (C=O) groups is 1. The maximum atomic E-state index is 13.3. The standard InChI is InChI=1S/C25H26ClN5O2/c26-19-3-1-2-17(12-19)23(15-32)31-14-18-5-4-16(13-21(18)24(31)33)22-8-11-28-25(30-22)29-20-6-9-27-10-7-20/h1-5,8,11-13,20,23,27,32H,6-7,9-10,14-15H2,(H,28,29,30). The quantitative estimate of drug-likeness (QED) is 0.517. The highest BCUT2D eigenvalue weighted by Crippen LogP contribution is 2.34. The lowest BCUT2D eigenvalue weighted by Crippen LogP contribution is -2.35. The summed E-state index contributed by atoms with van der Waals surface area (Å²) in [6.45, 7) is 2.25. The molecule has 2 aliphatic rings. The molecule has 3 heterocycles. The fourth-order valence-electron chi connectivity index (χ4n) is 4.57. The first-order valence-electron chi connectivity index (χ1n) is 11.2. The lowest BCUT2D eigenvalue weighted by atomic mass is 10.0. The van der Waals surface area contributed by atoms with Crippen LogP contribution in [0.4, 0.5) is 5.95 Å². The van der Waals surface area contributed by atoms with E-state index in [1.165, 1.54) is 0 Å². The van der Waals surface area contributed by atoms with Crippen molar-refractivity contribution in [3.63, 3.8) is 0 Å². The van der Waals surface area contributed by atoms with Crippen molar-refractivity contribution in [3.8, 4) is 11.3 Å². The Labute approximate surface area is 197 Å². The van der Waals surface area contributed by atoms with Gasteiger partial charge in [-0.3, -0.25) is 4.79 Å². The Bertz CT molecular complexity index is 1170. The first-order valence-corrected chi connectivity index (χ1v) is 11.6. The van der Waals surface area contributed by atoms with Gasteiger partial charge in [0.2, 0.25) is 5.95 Å². The van der Waals surface area contributed by atoms with Crippen LogP contribution in [0, 0.1) is 0 Å². The van der Waals surface area contributed by atoms with Gasteiger partial charge in [-0.15, -0.1) is 0 Å². The van der Waals surface area contributed by atoms with Crippen molar-refractivity contribution in [2.45, 2.75) is 31.5 Å². The molecular formula is C25H26ClN5O2. The van der Waals surface area contributed by atoms with Gasteiger partial charge in [-0.25, -0.2) is 9.97 Å². The van der Waals surface area contributed by atoms with Crippen LogP contribution in [0.2, 0.25) is 5.02 Å². The molecule has 2 aliphatic heterocycles. The molecule has 0 aliphatic carbocycles. The van der Waals surface area contributed by atoms with Crippen LogP contribution in [0.5, 0.6) is 0 Å². The molecule has 0 radical (unpaired) electrons. The summed E-state index contributed by atoms with van der Waals surface area (Å²) < 4.78 is 0. The number of aromatic nitrogens is 2. The lowest BCUT2D eigenvalue weighted by molar-refractivity contribution is 0.0615. The van der Waals surface area contributed by atoms with Crippen LogP contribution < -0.4 is 10.6 Å². The molecule has 2 aromatic carbocycles. The van der Waals surface area contributed by atoms with Gasteiger partial charge in [0.05, 0.1) is 18.3 Å². The molecular weight excluding hydrogens is 438 g/mol. The third-order valence-corrected chi connectivity index (χ3v) is 6.58. The van der Waals surface area contributed by atoms with Gasteiger partial charge in [0.25, 0.3) is 5.91 Å².